The van der Waals surface area contributed by atoms with Crippen LogP contribution in [0.3, 0.4) is 0 Å². The third-order valence-corrected chi connectivity index (χ3v) is 3.96. The fourth-order valence-corrected chi connectivity index (χ4v) is 3.13. The summed E-state index contributed by atoms with van der Waals surface area (Å²) >= 11 is 0. The molecule has 3 heterocycles. The van der Waals surface area contributed by atoms with E-state index in [9.17, 15) is 0 Å². The fraction of sp³-hybridized carbons (Fsp3) is 0.357. The van der Waals surface area contributed by atoms with Gasteiger partial charge in [0, 0.05) is 24.1 Å². The summed E-state index contributed by atoms with van der Waals surface area (Å²) in [6.07, 6.45) is 5.72. The van der Waals surface area contributed by atoms with Crippen molar-refractivity contribution in [3.05, 3.63) is 47.8 Å². The van der Waals surface area contributed by atoms with Crippen LogP contribution in [0.2, 0.25) is 0 Å². The van der Waals surface area contributed by atoms with E-state index < -0.39 is 0 Å². The van der Waals surface area contributed by atoms with Gasteiger partial charge in [0.25, 0.3) is 0 Å². The number of aromatic nitrogens is 2. The van der Waals surface area contributed by atoms with Crippen LogP contribution < -0.4 is 5.32 Å². The predicted molar refractivity (Wildman–Crippen MR) is 66.2 cm³/mol. The molecule has 4 rings (SSSR count). The van der Waals surface area contributed by atoms with E-state index >= 15 is 0 Å². The largest absolute Gasteiger partial charge is 0.307 e. The molecule has 0 aliphatic carbocycles. The van der Waals surface area contributed by atoms with Crippen LogP contribution in [0.4, 0.5) is 0 Å². The smallest absolute Gasteiger partial charge is 0.0648 e. The maximum absolute atomic E-state index is 4.56. The maximum Gasteiger partial charge on any atom is 0.0648 e. The predicted octanol–water partition coefficient (Wildman–Crippen LogP) is 2.22. The van der Waals surface area contributed by atoms with Crippen LogP contribution in [0, 0.1) is 0 Å². The summed E-state index contributed by atoms with van der Waals surface area (Å²) in [5.41, 5.74) is 3.99. The molecule has 86 valence electrons. The van der Waals surface area contributed by atoms with E-state index in [1.165, 1.54) is 29.8 Å². The number of hydrogen-bond donors (Lipinski definition) is 1. The fourth-order valence-electron chi connectivity index (χ4n) is 3.13. The van der Waals surface area contributed by atoms with Gasteiger partial charge in [-0.25, -0.2) is 4.68 Å². The summed E-state index contributed by atoms with van der Waals surface area (Å²) in [4.78, 5) is 0. The standard InChI is InChI=1S/C14H15N3/c1-2-4-11(5-3-1)17-14-8-10-6-7-13(16-10)12(14)9-15-17/h1-5,9-10,13,16H,6-8H2. The number of para-hydroxylation sites is 1. The Balaban J connectivity index is 1.85. The molecule has 1 aromatic carbocycles. The van der Waals surface area contributed by atoms with E-state index in [4.69, 9.17) is 0 Å². The first-order valence-electron chi connectivity index (χ1n) is 6.30. The molecule has 3 heteroatoms. The molecule has 0 radical (unpaired) electrons. The van der Waals surface area contributed by atoms with Gasteiger partial charge in [0.15, 0.2) is 0 Å². The number of hydrogen-bond acceptors (Lipinski definition) is 2. The summed E-state index contributed by atoms with van der Waals surface area (Å²) in [7, 11) is 0. The highest BCUT2D eigenvalue weighted by atomic mass is 15.3. The maximum atomic E-state index is 4.56. The van der Waals surface area contributed by atoms with Gasteiger partial charge in [0.2, 0.25) is 0 Å². The van der Waals surface area contributed by atoms with Gasteiger partial charge in [-0.1, -0.05) is 18.2 Å². The highest BCUT2D eigenvalue weighted by Crippen LogP contribution is 2.36. The topological polar surface area (TPSA) is 29.9 Å². The van der Waals surface area contributed by atoms with Gasteiger partial charge < -0.3 is 5.32 Å². The Morgan fingerprint density at radius 2 is 2.06 bits per heavy atom. The van der Waals surface area contributed by atoms with Crippen molar-refractivity contribution in [2.45, 2.75) is 31.3 Å². The average Bonchev–Trinajstić information content (AvgIpc) is 2.96. The summed E-state index contributed by atoms with van der Waals surface area (Å²) in [5.74, 6) is 0. The Morgan fingerprint density at radius 1 is 1.18 bits per heavy atom. The zero-order valence-electron chi connectivity index (χ0n) is 9.63. The van der Waals surface area contributed by atoms with Crippen LogP contribution in [0.5, 0.6) is 0 Å². The van der Waals surface area contributed by atoms with Crippen LogP contribution in [0.25, 0.3) is 5.69 Å². The first-order chi connectivity index (χ1) is 8.42. The molecule has 1 aromatic heterocycles. The average molecular weight is 225 g/mol. The number of nitrogens with one attached hydrogen (secondary N) is 1. The van der Waals surface area contributed by atoms with Crippen LogP contribution in [0.1, 0.15) is 30.1 Å². The Kier molecular flexibility index (Phi) is 1.91. The van der Waals surface area contributed by atoms with Gasteiger partial charge in [0.05, 0.1) is 17.6 Å². The van der Waals surface area contributed by atoms with Crippen molar-refractivity contribution in [3.8, 4) is 5.69 Å². The Morgan fingerprint density at radius 3 is 2.94 bits per heavy atom. The lowest BCUT2D eigenvalue weighted by Crippen LogP contribution is -2.32. The third-order valence-electron chi connectivity index (χ3n) is 3.96. The monoisotopic (exact) mass is 225 g/mol. The summed E-state index contributed by atoms with van der Waals surface area (Å²) in [6.45, 7) is 0. The molecule has 0 spiro atoms. The van der Waals surface area contributed by atoms with Crippen LogP contribution in [-0.4, -0.2) is 15.8 Å². The number of nitrogens with zero attached hydrogens (tertiary/aromatic N) is 2. The second-order valence-corrected chi connectivity index (χ2v) is 4.99. The lowest BCUT2D eigenvalue weighted by atomic mass is 10.0. The molecular weight excluding hydrogens is 210 g/mol. The molecular formula is C14H15N3. The quantitative estimate of drug-likeness (QED) is 0.806. The van der Waals surface area contributed by atoms with Crippen LogP contribution in [-0.2, 0) is 6.42 Å². The first kappa shape index (κ1) is 9.42. The second kappa shape index (κ2) is 3.44. The lowest BCUT2D eigenvalue weighted by Gasteiger charge is -2.22. The van der Waals surface area contributed by atoms with E-state index in [0.29, 0.717) is 12.1 Å². The zero-order chi connectivity index (χ0) is 11.2. The Hall–Kier alpha value is -1.61. The SMILES string of the molecule is c1ccc(-n2ncc3c2CC2CCC3N2)cc1. The van der Waals surface area contributed by atoms with Crippen molar-refractivity contribution in [3.63, 3.8) is 0 Å². The number of fused-ring (bicyclic) bond motifs is 4. The number of rotatable bonds is 1. The summed E-state index contributed by atoms with van der Waals surface area (Å²) in [5, 5.41) is 8.22. The highest BCUT2D eigenvalue weighted by molar-refractivity contribution is 5.38. The van der Waals surface area contributed by atoms with E-state index in [1.807, 2.05) is 12.3 Å². The highest BCUT2D eigenvalue weighted by Gasteiger charge is 2.34. The first-order valence-corrected chi connectivity index (χ1v) is 6.30. The van der Waals surface area contributed by atoms with Crippen molar-refractivity contribution < 1.29 is 0 Å². The van der Waals surface area contributed by atoms with Gasteiger partial charge in [-0.15, -0.1) is 0 Å². The van der Waals surface area contributed by atoms with Gasteiger partial charge in [-0.2, -0.15) is 5.10 Å². The van der Waals surface area contributed by atoms with Crippen LogP contribution >= 0.6 is 0 Å². The molecule has 2 atom stereocenters. The second-order valence-electron chi connectivity index (χ2n) is 4.99. The van der Waals surface area contributed by atoms with Gasteiger partial charge in [0.1, 0.15) is 0 Å². The summed E-state index contributed by atoms with van der Waals surface area (Å²) in [6, 6.07) is 11.6. The molecule has 2 aliphatic rings. The van der Waals surface area contributed by atoms with Crippen molar-refractivity contribution in [1.29, 1.82) is 0 Å². The molecule has 2 aromatic rings. The minimum Gasteiger partial charge on any atom is -0.307 e. The summed E-state index contributed by atoms with van der Waals surface area (Å²) < 4.78 is 2.11. The van der Waals surface area contributed by atoms with E-state index in [1.54, 1.807) is 0 Å². The van der Waals surface area contributed by atoms with Gasteiger partial charge >= 0.3 is 0 Å². The molecule has 1 saturated heterocycles. The molecule has 2 unspecified atom stereocenters. The Bertz CT molecular complexity index is 544. The van der Waals surface area contributed by atoms with E-state index in [0.717, 1.165) is 6.42 Å². The van der Waals surface area contributed by atoms with Crippen molar-refractivity contribution in [1.82, 2.24) is 15.1 Å². The minimum absolute atomic E-state index is 0.543. The molecule has 0 saturated carbocycles. The molecule has 17 heavy (non-hydrogen) atoms. The van der Waals surface area contributed by atoms with Crippen LogP contribution in [0.15, 0.2) is 36.5 Å². The van der Waals surface area contributed by atoms with Crippen molar-refractivity contribution in [2.75, 3.05) is 0 Å². The van der Waals surface area contributed by atoms with Crippen molar-refractivity contribution >= 4 is 0 Å². The molecule has 2 aliphatic heterocycles. The normalized spacial score (nSPS) is 25.9. The van der Waals surface area contributed by atoms with Gasteiger partial charge in [-0.05, 0) is 25.0 Å². The zero-order valence-corrected chi connectivity index (χ0v) is 9.63. The van der Waals surface area contributed by atoms with Gasteiger partial charge in [-0.3, -0.25) is 0 Å². The lowest BCUT2D eigenvalue weighted by molar-refractivity contribution is 0.504. The van der Waals surface area contributed by atoms with E-state index in [2.05, 4.69) is 39.4 Å². The molecule has 3 nitrogen and oxygen atoms in total. The minimum atomic E-state index is 0.543. The Labute approximate surface area is 100 Å². The molecule has 1 N–H and O–H groups in total. The molecule has 2 bridgehead atoms. The molecule has 0 amide bonds. The van der Waals surface area contributed by atoms with E-state index in [-0.39, 0.29) is 0 Å². The number of benzene rings is 1. The third kappa shape index (κ3) is 1.35. The molecule has 1 fully saturated rings. The van der Waals surface area contributed by atoms with Crippen molar-refractivity contribution in [2.24, 2.45) is 0 Å².